The first-order valence-corrected chi connectivity index (χ1v) is 10.1. The van der Waals surface area contributed by atoms with E-state index in [0.29, 0.717) is 20.9 Å². The average Bonchev–Trinajstić information content (AvgIpc) is 3.13. The largest absolute Gasteiger partial charge is 0.497 e. The van der Waals surface area contributed by atoms with Gasteiger partial charge in [0, 0.05) is 10.9 Å². The van der Waals surface area contributed by atoms with E-state index < -0.39 is 0 Å². The summed E-state index contributed by atoms with van der Waals surface area (Å²) in [4.78, 5) is 4.53. The third-order valence-electron chi connectivity index (χ3n) is 3.64. The Morgan fingerprint density at radius 3 is 2.43 bits per heavy atom. The maximum Gasteiger partial charge on any atom is 0.203 e. The zero-order valence-corrected chi connectivity index (χ0v) is 17.9. The summed E-state index contributed by atoms with van der Waals surface area (Å²) in [5, 5.41) is 7.74. The van der Waals surface area contributed by atoms with Crippen LogP contribution in [0.25, 0.3) is 11.3 Å². The zero-order valence-electron chi connectivity index (χ0n) is 15.6. The number of benzene rings is 2. The number of nitrogens with one attached hydrogen (secondary N) is 1. The summed E-state index contributed by atoms with van der Waals surface area (Å²) in [5.41, 5.74) is 5.56. The molecular formula is C20H19Cl2N3O2S. The number of nitrogens with zero attached hydrogens (tertiary/aromatic N) is 2. The molecule has 0 unspecified atom stereocenters. The van der Waals surface area contributed by atoms with E-state index in [1.165, 1.54) is 11.3 Å². The summed E-state index contributed by atoms with van der Waals surface area (Å²) in [6.45, 7) is 3.83. The number of thiazole rings is 1. The molecule has 3 aromatic rings. The molecule has 0 aliphatic carbocycles. The lowest BCUT2D eigenvalue weighted by molar-refractivity contribution is 0.243. The van der Waals surface area contributed by atoms with Crippen LogP contribution in [0.3, 0.4) is 0 Å². The number of anilines is 1. The Labute approximate surface area is 177 Å². The van der Waals surface area contributed by atoms with Crippen molar-refractivity contribution in [2.45, 2.75) is 20.0 Å². The minimum Gasteiger partial charge on any atom is -0.497 e. The lowest BCUT2D eigenvalue weighted by Gasteiger charge is -2.13. The molecule has 0 fully saturated rings. The minimum absolute atomic E-state index is 0.0130. The molecule has 8 heteroatoms. The van der Waals surface area contributed by atoms with Gasteiger partial charge in [0.2, 0.25) is 5.13 Å². The van der Waals surface area contributed by atoms with Crippen molar-refractivity contribution in [3.63, 3.8) is 0 Å². The molecule has 0 radical (unpaired) electrons. The van der Waals surface area contributed by atoms with E-state index in [-0.39, 0.29) is 6.10 Å². The molecule has 5 nitrogen and oxygen atoms in total. The predicted molar refractivity (Wildman–Crippen MR) is 118 cm³/mol. The van der Waals surface area contributed by atoms with Crippen LogP contribution in [0.2, 0.25) is 10.0 Å². The van der Waals surface area contributed by atoms with Gasteiger partial charge in [0.05, 0.1) is 35.2 Å². The van der Waals surface area contributed by atoms with Gasteiger partial charge >= 0.3 is 0 Å². The molecule has 0 saturated carbocycles. The van der Waals surface area contributed by atoms with E-state index in [1.54, 1.807) is 25.5 Å². The van der Waals surface area contributed by atoms with Crippen molar-refractivity contribution in [1.82, 2.24) is 4.98 Å². The van der Waals surface area contributed by atoms with Crippen molar-refractivity contribution in [1.29, 1.82) is 0 Å². The molecule has 0 aliphatic rings. The van der Waals surface area contributed by atoms with Crippen LogP contribution in [0.4, 0.5) is 5.13 Å². The molecule has 3 rings (SSSR count). The molecule has 146 valence electrons. The number of aromatic nitrogens is 1. The quantitative estimate of drug-likeness (QED) is 0.346. The molecule has 1 aromatic heterocycles. The normalized spacial score (nSPS) is 11.2. The SMILES string of the molecule is COc1ccc(-c2csc(N/N=C\c3cc(Cl)c(OC(C)C)c(Cl)c3)n2)cc1. The van der Waals surface area contributed by atoms with Gasteiger partial charge in [-0.2, -0.15) is 5.10 Å². The standard InChI is InChI=1S/C20H19Cl2N3O2S/c1-12(2)27-19-16(21)8-13(9-17(19)22)10-23-25-20-24-18(11-28-20)14-4-6-15(26-3)7-5-14/h4-12H,1-3H3,(H,24,25)/b23-10-. The maximum absolute atomic E-state index is 6.26. The van der Waals surface area contributed by atoms with E-state index in [1.807, 2.05) is 43.5 Å². The Kier molecular flexibility index (Phi) is 6.78. The fraction of sp³-hybridized carbons (Fsp3) is 0.200. The highest BCUT2D eigenvalue weighted by Gasteiger charge is 2.11. The highest BCUT2D eigenvalue weighted by molar-refractivity contribution is 7.14. The third-order valence-corrected chi connectivity index (χ3v) is 4.95. The van der Waals surface area contributed by atoms with Gasteiger partial charge in [0.15, 0.2) is 5.75 Å². The van der Waals surface area contributed by atoms with Crippen LogP contribution < -0.4 is 14.9 Å². The number of hydrogen-bond acceptors (Lipinski definition) is 6. The first-order valence-electron chi connectivity index (χ1n) is 8.51. The van der Waals surface area contributed by atoms with Gasteiger partial charge in [-0.25, -0.2) is 4.98 Å². The van der Waals surface area contributed by atoms with Crippen molar-refractivity contribution in [2.24, 2.45) is 5.10 Å². The monoisotopic (exact) mass is 435 g/mol. The van der Waals surface area contributed by atoms with Crippen LogP contribution in [0, 0.1) is 0 Å². The van der Waals surface area contributed by atoms with E-state index in [2.05, 4.69) is 15.5 Å². The number of halogens is 2. The molecule has 0 spiro atoms. The summed E-state index contributed by atoms with van der Waals surface area (Å²) in [6.07, 6.45) is 1.62. The van der Waals surface area contributed by atoms with Gasteiger partial charge in [-0.1, -0.05) is 23.2 Å². The van der Waals surface area contributed by atoms with Gasteiger partial charge in [-0.3, -0.25) is 5.43 Å². The van der Waals surface area contributed by atoms with Gasteiger partial charge in [-0.05, 0) is 55.8 Å². The van der Waals surface area contributed by atoms with E-state index in [4.69, 9.17) is 32.7 Å². The van der Waals surface area contributed by atoms with E-state index in [0.717, 1.165) is 22.6 Å². The van der Waals surface area contributed by atoms with Gasteiger partial charge in [-0.15, -0.1) is 11.3 Å². The van der Waals surface area contributed by atoms with Crippen LogP contribution in [0.15, 0.2) is 46.9 Å². The Balaban J connectivity index is 1.67. The molecule has 0 bridgehead atoms. The summed E-state index contributed by atoms with van der Waals surface area (Å²) in [7, 11) is 1.64. The van der Waals surface area contributed by atoms with Crippen LogP contribution in [0.5, 0.6) is 11.5 Å². The molecule has 1 heterocycles. The van der Waals surface area contributed by atoms with Crippen LogP contribution in [-0.4, -0.2) is 24.4 Å². The number of rotatable bonds is 7. The van der Waals surface area contributed by atoms with Gasteiger partial charge in [0.1, 0.15) is 5.75 Å². The molecule has 0 saturated heterocycles. The highest BCUT2D eigenvalue weighted by atomic mass is 35.5. The smallest absolute Gasteiger partial charge is 0.203 e. The average molecular weight is 436 g/mol. The third kappa shape index (κ3) is 5.16. The second-order valence-electron chi connectivity index (χ2n) is 6.12. The van der Waals surface area contributed by atoms with Gasteiger partial charge < -0.3 is 9.47 Å². The Hall–Kier alpha value is -2.28. The molecule has 1 N–H and O–H groups in total. The first kappa shape index (κ1) is 20.5. The Morgan fingerprint density at radius 1 is 1.14 bits per heavy atom. The van der Waals surface area contributed by atoms with Crippen molar-refractivity contribution in [3.05, 3.63) is 57.4 Å². The second kappa shape index (κ2) is 9.28. The molecule has 2 aromatic carbocycles. The van der Waals surface area contributed by atoms with Gasteiger partial charge in [0.25, 0.3) is 0 Å². The molecule has 0 amide bonds. The van der Waals surface area contributed by atoms with Crippen LogP contribution >= 0.6 is 34.5 Å². The van der Waals surface area contributed by atoms with E-state index in [9.17, 15) is 0 Å². The van der Waals surface area contributed by atoms with Crippen LogP contribution in [-0.2, 0) is 0 Å². The number of hydrogen-bond donors (Lipinski definition) is 1. The maximum atomic E-state index is 6.26. The van der Waals surface area contributed by atoms with E-state index >= 15 is 0 Å². The first-order chi connectivity index (χ1) is 13.5. The van der Waals surface area contributed by atoms with Crippen molar-refractivity contribution in [2.75, 3.05) is 12.5 Å². The summed E-state index contributed by atoms with van der Waals surface area (Å²) in [5.74, 6) is 1.29. The summed E-state index contributed by atoms with van der Waals surface area (Å²) < 4.78 is 10.8. The predicted octanol–water partition coefficient (Wildman–Crippen LogP) is 6.36. The van der Waals surface area contributed by atoms with Crippen molar-refractivity contribution in [3.8, 4) is 22.8 Å². The Bertz CT molecular complexity index is 949. The van der Waals surface area contributed by atoms with Crippen molar-refractivity contribution >= 4 is 45.9 Å². The molecular weight excluding hydrogens is 417 g/mol. The lowest BCUT2D eigenvalue weighted by Crippen LogP contribution is -2.06. The number of hydrazone groups is 1. The second-order valence-corrected chi connectivity index (χ2v) is 7.79. The van der Waals surface area contributed by atoms with Crippen molar-refractivity contribution < 1.29 is 9.47 Å². The lowest BCUT2D eigenvalue weighted by atomic mass is 10.2. The minimum atomic E-state index is -0.0130. The Morgan fingerprint density at radius 2 is 1.82 bits per heavy atom. The highest BCUT2D eigenvalue weighted by Crippen LogP contribution is 2.34. The summed E-state index contributed by atoms with van der Waals surface area (Å²) in [6, 6.07) is 11.2. The van der Waals surface area contributed by atoms with Crippen LogP contribution in [0.1, 0.15) is 19.4 Å². The topological polar surface area (TPSA) is 55.7 Å². The fourth-order valence-corrected chi connectivity index (χ4v) is 3.65. The number of methoxy groups -OCH3 is 1. The zero-order chi connectivity index (χ0) is 20.1. The summed E-state index contributed by atoms with van der Waals surface area (Å²) >= 11 is 14.0. The molecule has 0 aliphatic heterocycles. The molecule has 0 atom stereocenters. The molecule has 28 heavy (non-hydrogen) atoms. The number of ether oxygens (including phenoxy) is 2. The fourth-order valence-electron chi connectivity index (χ4n) is 2.38.